The summed E-state index contributed by atoms with van der Waals surface area (Å²) in [6, 6.07) is 5.20. The Balaban J connectivity index is 1.39. The van der Waals surface area contributed by atoms with E-state index in [0.29, 0.717) is 5.92 Å². The predicted octanol–water partition coefficient (Wildman–Crippen LogP) is 3.72. The zero-order valence-electron chi connectivity index (χ0n) is 14.9. The van der Waals surface area contributed by atoms with Gasteiger partial charge in [0.15, 0.2) is 4.96 Å². The molecule has 6 rings (SSSR count). The number of fused-ring (bicyclic) bond motifs is 4. The lowest BCUT2D eigenvalue weighted by Crippen LogP contribution is -2.28. The molecular formula is C20H21N5S. The van der Waals surface area contributed by atoms with Crippen molar-refractivity contribution in [2.45, 2.75) is 31.7 Å². The lowest BCUT2D eigenvalue weighted by molar-refractivity contribution is 0.435. The van der Waals surface area contributed by atoms with Crippen LogP contribution in [0.1, 0.15) is 30.0 Å². The van der Waals surface area contributed by atoms with E-state index in [1.165, 1.54) is 39.9 Å². The maximum Gasteiger partial charge on any atom is 0.194 e. The van der Waals surface area contributed by atoms with Gasteiger partial charge < -0.3 is 5.32 Å². The van der Waals surface area contributed by atoms with Crippen molar-refractivity contribution in [3.05, 3.63) is 42.0 Å². The molecule has 2 bridgehead atoms. The van der Waals surface area contributed by atoms with Crippen LogP contribution in [0, 0.1) is 12.8 Å². The van der Waals surface area contributed by atoms with Gasteiger partial charge in [0.25, 0.3) is 0 Å². The fraction of sp³-hybridized carbons (Fsp3) is 0.400. The van der Waals surface area contributed by atoms with E-state index < -0.39 is 0 Å². The lowest BCUT2D eigenvalue weighted by Gasteiger charge is -2.20. The molecular weight excluding hydrogens is 342 g/mol. The van der Waals surface area contributed by atoms with Crippen molar-refractivity contribution < 1.29 is 0 Å². The molecule has 6 heteroatoms. The van der Waals surface area contributed by atoms with Crippen molar-refractivity contribution in [1.29, 1.82) is 0 Å². The summed E-state index contributed by atoms with van der Waals surface area (Å²) in [5, 5.41) is 9.35. The monoisotopic (exact) mass is 363 g/mol. The highest BCUT2D eigenvalue weighted by Gasteiger charge is 2.41. The third-order valence-corrected chi connectivity index (χ3v) is 7.16. The molecule has 0 unspecified atom stereocenters. The zero-order valence-corrected chi connectivity index (χ0v) is 15.8. The van der Waals surface area contributed by atoms with Gasteiger partial charge in [-0.15, -0.1) is 0 Å². The van der Waals surface area contributed by atoms with E-state index in [4.69, 9.17) is 4.98 Å². The number of nitrogens with one attached hydrogen (secondary N) is 1. The average molecular weight is 363 g/mol. The van der Waals surface area contributed by atoms with Crippen LogP contribution in [0.5, 0.6) is 0 Å². The highest BCUT2D eigenvalue weighted by atomic mass is 32.1. The molecule has 1 aliphatic heterocycles. The van der Waals surface area contributed by atoms with Crippen molar-refractivity contribution in [1.82, 2.24) is 24.5 Å². The van der Waals surface area contributed by atoms with E-state index in [1.807, 2.05) is 11.7 Å². The molecule has 4 heterocycles. The van der Waals surface area contributed by atoms with E-state index in [-0.39, 0.29) is 0 Å². The Morgan fingerprint density at radius 1 is 1.19 bits per heavy atom. The Kier molecular flexibility index (Phi) is 2.97. The number of aryl methyl sites for hydroxylation is 2. The standard InChI is InChI=1S/C20H21N5S/c1-11-3-12(4-14-8-24(2)23-19(11)14)18-10-25-9-17(22-20(25)26-18)16-6-15-5-13(16)7-21-15/h3-4,8-10,13,15-16,21H,5-7H2,1-2H3/t13-,15-,16+/m1/s1. The molecule has 2 aliphatic rings. The minimum absolute atomic E-state index is 0.644. The molecule has 1 aromatic carbocycles. The Bertz CT molecular complexity index is 1120. The molecule has 0 amide bonds. The van der Waals surface area contributed by atoms with Crippen molar-refractivity contribution in [2.24, 2.45) is 13.0 Å². The lowest BCUT2D eigenvalue weighted by atomic mass is 9.92. The third-order valence-electron chi connectivity index (χ3n) is 6.12. The molecule has 3 atom stereocenters. The second-order valence-corrected chi connectivity index (χ2v) is 8.94. The minimum atomic E-state index is 0.644. The first kappa shape index (κ1) is 14.9. The Morgan fingerprint density at radius 2 is 2.12 bits per heavy atom. The SMILES string of the molecule is Cc1cc(-c2cn3cc([C@H]4C[C@H]5C[C@@H]4CN5)nc3s2)cc2cn(C)nc12. The molecule has 0 radical (unpaired) electrons. The molecule has 132 valence electrons. The Morgan fingerprint density at radius 3 is 2.88 bits per heavy atom. The van der Waals surface area contributed by atoms with Crippen LogP contribution >= 0.6 is 11.3 Å². The van der Waals surface area contributed by atoms with Gasteiger partial charge in [0.1, 0.15) is 0 Å². The molecule has 1 aliphatic carbocycles. The summed E-state index contributed by atoms with van der Waals surface area (Å²) in [7, 11) is 1.98. The van der Waals surface area contributed by atoms with Gasteiger partial charge in [-0.2, -0.15) is 5.10 Å². The molecule has 2 fully saturated rings. The molecule has 1 saturated heterocycles. The van der Waals surface area contributed by atoms with Crippen molar-refractivity contribution in [3.63, 3.8) is 0 Å². The Labute approximate surface area is 155 Å². The van der Waals surface area contributed by atoms with Crippen LogP contribution in [0.15, 0.2) is 30.7 Å². The number of benzene rings is 1. The van der Waals surface area contributed by atoms with Crippen LogP contribution in [0.4, 0.5) is 0 Å². The quantitative estimate of drug-likeness (QED) is 0.590. The summed E-state index contributed by atoms with van der Waals surface area (Å²) in [5.41, 5.74) is 4.85. The molecule has 5 nitrogen and oxygen atoms in total. The second kappa shape index (κ2) is 5.18. The number of hydrogen-bond acceptors (Lipinski definition) is 4. The molecule has 1 saturated carbocycles. The molecule has 26 heavy (non-hydrogen) atoms. The second-order valence-electron chi connectivity index (χ2n) is 7.93. The van der Waals surface area contributed by atoms with Crippen LogP contribution in [0.2, 0.25) is 0 Å². The van der Waals surface area contributed by atoms with E-state index in [9.17, 15) is 0 Å². The first-order valence-corrected chi connectivity index (χ1v) is 10.1. The van der Waals surface area contributed by atoms with Gasteiger partial charge >= 0.3 is 0 Å². The van der Waals surface area contributed by atoms with E-state index in [0.717, 1.165) is 29.0 Å². The number of imidazole rings is 1. The normalized spacial score (nSPS) is 25.1. The van der Waals surface area contributed by atoms with Crippen molar-refractivity contribution >= 4 is 27.2 Å². The van der Waals surface area contributed by atoms with Gasteiger partial charge in [0.2, 0.25) is 0 Å². The van der Waals surface area contributed by atoms with Crippen LogP contribution in [-0.4, -0.2) is 31.8 Å². The van der Waals surface area contributed by atoms with E-state index in [2.05, 4.69) is 52.5 Å². The first-order chi connectivity index (χ1) is 12.6. The summed E-state index contributed by atoms with van der Waals surface area (Å²) in [5.74, 6) is 1.42. The number of hydrogen-bond donors (Lipinski definition) is 1. The van der Waals surface area contributed by atoms with E-state index in [1.54, 1.807) is 11.3 Å². The maximum atomic E-state index is 4.99. The largest absolute Gasteiger partial charge is 0.314 e. The van der Waals surface area contributed by atoms with E-state index >= 15 is 0 Å². The smallest absolute Gasteiger partial charge is 0.194 e. The highest BCUT2D eigenvalue weighted by Crippen LogP contribution is 2.43. The summed E-state index contributed by atoms with van der Waals surface area (Å²) < 4.78 is 4.11. The Hall–Kier alpha value is -2.18. The summed E-state index contributed by atoms with van der Waals surface area (Å²) >= 11 is 1.78. The van der Waals surface area contributed by atoms with Gasteiger partial charge in [-0.05, 0) is 55.5 Å². The maximum absolute atomic E-state index is 4.99. The first-order valence-electron chi connectivity index (χ1n) is 9.30. The van der Waals surface area contributed by atoms with Gasteiger partial charge in [-0.1, -0.05) is 11.3 Å². The van der Waals surface area contributed by atoms with Crippen molar-refractivity contribution in [3.8, 4) is 10.4 Å². The summed E-state index contributed by atoms with van der Waals surface area (Å²) in [6.07, 6.45) is 9.16. The van der Waals surface area contributed by atoms with Crippen molar-refractivity contribution in [2.75, 3.05) is 6.54 Å². The van der Waals surface area contributed by atoms with Crippen LogP contribution in [0.3, 0.4) is 0 Å². The van der Waals surface area contributed by atoms with Crippen LogP contribution < -0.4 is 5.32 Å². The fourth-order valence-corrected chi connectivity index (χ4v) is 5.86. The number of aromatic nitrogens is 4. The van der Waals surface area contributed by atoms with Gasteiger partial charge in [-0.25, -0.2) is 4.98 Å². The molecule has 3 aromatic heterocycles. The molecule has 1 N–H and O–H groups in total. The summed E-state index contributed by atoms with van der Waals surface area (Å²) in [4.78, 5) is 7.36. The molecule has 0 spiro atoms. The highest BCUT2D eigenvalue weighted by molar-refractivity contribution is 7.20. The van der Waals surface area contributed by atoms with Gasteiger partial charge in [0.05, 0.1) is 16.1 Å². The minimum Gasteiger partial charge on any atom is -0.314 e. The van der Waals surface area contributed by atoms with Crippen LogP contribution in [-0.2, 0) is 7.05 Å². The fourth-order valence-electron chi connectivity index (χ4n) is 4.90. The average Bonchev–Trinajstić information content (AvgIpc) is 3.38. The zero-order chi connectivity index (χ0) is 17.4. The number of thiazole rings is 1. The third kappa shape index (κ3) is 2.12. The number of nitrogens with zero attached hydrogens (tertiary/aromatic N) is 4. The number of rotatable bonds is 2. The topological polar surface area (TPSA) is 47.1 Å². The van der Waals surface area contributed by atoms with Crippen LogP contribution in [0.25, 0.3) is 26.3 Å². The number of piperidine rings is 1. The van der Waals surface area contributed by atoms with Gasteiger partial charge in [-0.3, -0.25) is 9.08 Å². The predicted molar refractivity (Wildman–Crippen MR) is 105 cm³/mol. The summed E-state index contributed by atoms with van der Waals surface area (Å²) in [6.45, 7) is 3.30. The van der Waals surface area contributed by atoms with Gasteiger partial charge in [0, 0.05) is 43.0 Å². The molecule has 4 aromatic rings.